The first-order chi connectivity index (χ1) is 4.41. The van der Waals surface area contributed by atoms with Crippen molar-refractivity contribution in [2.75, 3.05) is 6.61 Å². The summed E-state index contributed by atoms with van der Waals surface area (Å²) in [6.07, 6.45) is 7.71. The van der Waals surface area contributed by atoms with Gasteiger partial charge in [-0.15, -0.1) is 6.58 Å². The summed E-state index contributed by atoms with van der Waals surface area (Å²) in [6, 6.07) is 0. The first kappa shape index (κ1) is 8.28. The van der Waals surface area contributed by atoms with Gasteiger partial charge < -0.3 is 4.74 Å². The zero-order chi connectivity index (χ0) is 6.95. The number of ether oxygens (including phenoxy) is 1. The van der Waals surface area contributed by atoms with E-state index in [1.807, 2.05) is 19.1 Å². The maximum absolute atomic E-state index is 4.97. The number of allylic oxidation sites excluding steroid dienone is 2. The van der Waals surface area contributed by atoms with Crippen LogP contribution in [-0.2, 0) is 4.74 Å². The molecule has 0 aliphatic carbocycles. The van der Waals surface area contributed by atoms with E-state index in [2.05, 4.69) is 6.58 Å². The number of unbranched alkanes of at least 4 members (excludes halogenated alkanes) is 1. The third-order valence-corrected chi connectivity index (χ3v) is 0.897. The van der Waals surface area contributed by atoms with Gasteiger partial charge in [0.1, 0.15) is 0 Å². The summed E-state index contributed by atoms with van der Waals surface area (Å²) >= 11 is 0. The fourth-order valence-corrected chi connectivity index (χ4v) is 0.446. The Kier molecular flexibility index (Phi) is 6.70. The molecule has 0 saturated heterocycles. The lowest BCUT2D eigenvalue weighted by molar-refractivity contribution is 0.268. The fraction of sp³-hybridized carbons (Fsp3) is 0.500. The summed E-state index contributed by atoms with van der Waals surface area (Å²) in [7, 11) is 0. The second kappa shape index (κ2) is 7.28. The highest BCUT2D eigenvalue weighted by molar-refractivity contribution is 4.78. The van der Waals surface area contributed by atoms with Crippen molar-refractivity contribution in [3.05, 3.63) is 25.0 Å². The zero-order valence-corrected chi connectivity index (χ0v) is 5.97. The predicted octanol–water partition coefficient (Wildman–Crippen LogP) is 2.50. The second-order valence-electron chi connectivity index (χ2n) is 1.69. The molecule has 0 aromatic carbocycles. The van der Waals surface area contributed by atoms with Crippen LogP contribution in [0.1, 0.15) is 19.8 Å². The summed E-state index contributed by atoms with van der Waals surface area (Å²) in [5, 5.41) is 0. The van der Waals surface area contributed by atoms with E-state index in [4.69, 9.17) is 4.74 Å². The Bertz CT molecular complexity index is 84.6. The van der Waals surface area contributed by atoms with Crippen molar-refractivity contribution in [1.29, 1.82) is 0 Å². The van der Waals surface area contributed by atoms with Gasteiger partial charge in [0, 0.05) is 0 Å². The lowest BCUT2D eigenvalue weighted by Crippen LogP contribution is -1.75. The first-order valence-electron chi connectivity index (χ1n) is 3.29. The predicted molar refractivity (Wildman–Crippen MR) is 40.2 cm³/mol. The average Bonchev–Trinajstić information content (AvgIpc) is 1.89. The van der Waals surface area contributed by atoms with Crippen molar-refractivity contribution in [1.82, 2.24) is 0 Å². The Labute approximate surface area is 57.0 Å². The molecular formula is C8H14O. The molecule has 0 heterocycles. The van der Waals surface area contributed by atoms with Gasteiger partial charge in [0.05, 0.1) is 12.9 Å². The molecule has 52 valence electrons. The highest BCUT2D eigenvalue weighted by Crippen LogP contribution is 1.90. The van der Waals surface area contributed by atoms with E-state index in [1.54, 1.807) is 6.26 Å². The van der Waals surface area contributed by atoms with Crippen LogP contribution in [0.3, 0.4) is 0 Å². The van der Waals surface area contributed by atoms with Gasteiger partial charge in [-0.25, -0.2) is 0 Å². The van der Waals surface area contributed by atoms with E-state index in [-0.39, 0.29) is 0 Å². The summed E-state index contributed by atoms with van der Waals surface area (Å²) < 4.78 is 4.97. The van der Waals surface area contributed by atoms with Gasteiger partial charge in [-0.1, -0.05) is 6.08 Å². The molecule has 1 nitrogen and oxygen atoms in total. The molecule has 0 aromatic heterocycles. The number of rotatable bonds is 5. The fourth-order valence-electron chi connectivity index (χ4n) is 0.446. The third kappa shape index (κ3) is 7.28. The molecule has 0 unspecified atom stereocenters. The highest BCUT2D eigenvalue weighted by Gasteiger charge is 1.73. The maximum atomic E-state index is 4.97. The molecule has 0 amide bonds. The van der Waals surface area contributed by atoms with Crippen molar-refractivity contribution in [3.8, 4) is 0 Å². The zero-order valence-electron chi connectivity index (χ0n) is 5.97. The van der Waals surface area contributed by atoms with E-state index < -0.39 is 0 Å². The van der Waals surface area contributed by atoms with Crippen LogP contribution in [0.4, 0.5) is 0 Å². The molecule has 0 bridgehead atoms. The number of hydrogen-bond acceptors (Lipinski definition) is 1. The van der Waals surface area contributed by atoms with E-state index >= 15 is 0 Å². The normalized spacial score (nSPS) is 9.89. The van der Waals surface area contributed by atoms with Crippen molar-refractivity contribution in [3.63, 3.8) is 0 Å². The van der Waals surface area contributed by atoms with Gasteiger partial charge in [-0.3, -0.25) is 0 Å². The summed E-state index contributed by atoms with van der Waals surface area (Å²) in [4.78, 5) is 0. The van der Waals surface area contributed by atoms with Crippen molar-refractivity contribution >= 4 is 0 Å². The molecule has 0 saturated carbocycles. The minimum atomic E-state index is 0.755. The van der Waals surface area contributed by atoms with Crippen LogP contribution in [0.2, 0.25) is 0 Å². The SMILES string of the molecule is C=CCC/C=C/OCC. The highest BCUT2D eigenvalue weighted by atomic mass is 16.5. The van der Waals surface area contributed by atoms with Gasteiger partial charge >= 0.3 is 0 Å². The number of hydrogen-bond donors (Lipinski definition) is 0. The molecule has 0 fully saturated rings. The van der Waals surface area contributed by atoms with Crippen LogP contribution in [0, 0.1) is 0 Å². The molecule has 0 aliphatic rings. The molecule has 0 N–H and O–H groups in total. The van der Waals surface area contributed by atoms with Crippen LogP contribution >= 0.6 is 0 Å². The third-order valence-electron chi connectivity index (χ3n) is 0.897. The molecule has 0 radical (unpaired) electrons. The Balaban J connectivity index is 2.94. The van der Waals surface area contributed by atoms with Crippen molar-refractivity contribution in [2.24, 2.45) is 0 Å². The van der Waals surface area contributed by atoms with Gasteiger partial charge in [0.2, 0.25) is 0 Å². The molecular weight excluding hydrogens is 112 g/mol. The lowest BCUT2D eigenvalue weighted by atomic mass is 10.3. The van der Waals surface area contributed by atoms with Gasteiger partial charge in [-0.05, 0) is 25.8 Å². The lowest BCUT2D eigenvalue weighted by Gasteiger charge is -1.90. The van der Waals surface area contributed by atoms with E-state index in [9.17, 15) is 0 Å². The topological polar surface area (TPSA) is 9.23 Å². The largest absolute Gasteiger partial charge is 0.502 e. The van der Waals surface area contributed by atoms with Crippen LogP contribution in [-0.4, -0.2) is 6.61 Å². The van der Waals surface area contributed by atoms with E-state index in [0.29, 0.717) is 0 Å². The standard InChI is InChI=1S/C8H14O/c1-3-5-6-7-8-9-4-2/h3,7-8H,1,4-6H2,2H3/b8-7+. The second-order valence-corrected chi connectivity index (χ2v) is 1.69. The van der Waals surface area contributed by atoms with Crippen LogP contribution in [0.5, 0.6) is 0 Å². The summed E-state index contributed by atoms with van der Waals surface area (Å²) in [6.45, 7) is 6.33. The molecule has 0 rings (SSSR count). The smallest absolute Gasteiger partial charge is 0.0845 e. The molecule has 0 atom stereocenters. The molecule has 0 aromatic rings. The average molecular weight is 126 g/mol. The summed E-state index contributed by atoms with van der Waals surface area (Å²) in [5.41, 5.74) is 0. The Morgan fingerprint density at radius 3 is 2.78 bits per heavy atom. The van der Waals surface area contributed by atoms with Gasteiger partial charge in [0.15, 0.2) is 0 Å². The minimum Gasteiger partial charge on any atom is -0.502 e. The molecule has 0 spiro atoms. The molecule has 9 heavy (non-hydrogen) atoms. The quantitative estimate of drug-likeness (QED) is 0.312. The van der Waals surface area contributed by atoms with Crippen LogP contribution < -0.4 is 0 Å². The first-order valence-corrected chi connectivity index (χ1v) is 3.29. The molecule has 1 heteroatoms. The van der Waals surface area contributed by atoms with Crippen molar-refractivity contribution in [2.45, 2.75) is 19.8 Å². The Morgan fingerprint density at radius 2 is 2.22 bits per heavy atom. The Morgan fingerprint density at radius 1 is 1.44 bits per heavy atom. The van der Waals surface area contributed by atoms with Crippen molar-refractivity contribution < 1.29 is 4.74 Å². The van der Waals surface area contributed by atoms with Gasteiger partial charge in [-0.2, -0.15) is 0 Å². The minimum absolute atomic E-state index is 0.755. The van der Waals surface area contributed by atoms with E-state index in [0.717, 1.165) is 19.4 Å². The monoisotopic (exact) mass is 126 g/mol. The van der Waals surface area contributed by atoms with Crippen LogP contribution in [0.25, 0.3) is 0 Å². The van der Waals surface area contributed by atoms with Crippen LogP contribution in [0.15, 0.2) is 25.0 Å². The van der Waals surface area contributed by atoms with E-state index in [1.165, 1.54) is 0 Å². The Hall–Kier alpha value is -0.720. The maximum Gasteiger partial charge on any atom is 0.0845 e. The summed E-state index contributed by atoms with van der Waals surface area (Å²) in [5.74, 6) is 0. The van der Waals surface area contributed by atoms with Gasteiger partial charge in [0.25, 0.3) is 0 Å². The molecule has 0 aliphatic heterocycles.